The van der Waals surface area contributed by atoms with Crippen LogP contribution in [0.5, 0.6) is 17.2 Å². The van der Waals surface area contributed by atoms with Crippen LogP contribution in [0.25, 0.3) is 21.6 Å². The monoisotopic (exact) mass is 714 g/mol. The molecule has 1 aromatic heterocycles. The molecule has 13 heteroatoms. The summed E-state index contributed by atoms with van der Waals surface area (Å²) in [6.07, 6.45) is 3.53. The van der Waals surface area contributed by atoms with Crippen LogP contribution in [-0.2, 0) is 20.7 Å². The van der Waals surface area contributed by atoms with E-state index < -0.39 is 12.0 Å². The number of aromatic nitrogens is 1. The summed E-state index contributed by atoms with van der Waals surface area (Å²) in [5, 5.41) is 9.42. The maximum atomic E-state index is 13.5. The number of amides is 2. The van der Waals surface area contributed by atoms with Crippen LogP contribution in [0.3, 0.4) is 0 Å². The van der Waals surface area contributed by atoms with Crippen molar-refractivity contribution in [1.82, 2.24) is 10.3 Å². The summed E-state index contributed by atoms with van der Waals surface area (Å²) >= 11 is 1.22. The van der Waals surface area contributed by atoms with Gasteiger partial charge < -0.3 is 34.9 Å². The number of ether oxygens (including phenoxy) is 4. The van der Waals surface area contributed by atoms with Crippen LogP contribution in [0.4, 0.5) is 10.8 Å². The quantitative estimate of drug-likeness (QED) is 0.0990. The number of anilines is 2. The van der Waals surface area contributed by atoms with Gasteiger partial charge in [0.15, 0.2) is 22.3 Å². The molecule has 4 aromatic rings. The zero-order valence-corrected chi connectivity index (χ0v) is 30.2. The Balaban J connectivity index is 1.25. The number of aryl methyl sites for hydroxylation is 1. The molecule has 1 atom stereocenters. The van der Waals surface area contributed by atoms with Gasteiger partial charge in [-0.3, -0.25) is 14.4 Å². The number of nitrogens with one attached hydrogen (secondary N) is 3. The molecule has 2 amide bonds. The number of hydrogen-bond acceptors (Lipinski definition) is 11. The maximum Gasteiger partial charge on any atom is 0.358 e. The lowest BCUT2D eigenvalue weighted by molar-refractivity contribution is -0.119. The summed E-state index contributed by atoms with van der Waals surface area (Å²) in [6, 6.07) is 16.1. The molecule has 0 aliphatic heterocycles. The molecule has 0 saturated carbocycles. The molecule has 3 aromatic carbocycles. The Morgan fingerprint density at radius 1 is 0.922 bits per heavy atom. The first kappa shape index (κ1) is 36.8. The van der Waals surface area contributed by atoms with E-state index in [2.05, 4.69) is 20.9 Å². The summed E-state index contributed by atoms with van der Waals surface area (Å²) in [5.41, 5.74) is 4.36. The molecular weight excluding hydrogens is 673 g/mol. The SMILES string of the molecule is COC(=O)c1nc(NC(=O)CCCCCNc2ccc3c(cc2=O)[C@H](NC(C)=O)CCc2cc(OC)c(OC)c(OC)c2-3)sc1-c1ccccc1. The van der Waals surface area contributed by atoms with Crippen molar-refractivity contribution in [2.45, 2.75) is 51.5 Å². The molecule has 51 heavy (non-hydrogen) atoms. The second kappa shape index (κ2) is 17.0. The van der Waals surface area contributed by atoms with Crippen LogP contribution in [0, 0.1) is 0 Å². The van der Waals surface area contributed by atoms with Crippen LogP contribution in [-0.4, -0.2) is 57.8 Å². The van der Waals surface area contributed by atoms with E-state index in [1.165, 1.54) is 25.4 Å². The predicted octanol–water partition coefficient (Wildman–Crippen LogP) is 6.38. The number of nitrogens with zero attached hydrogens (tertiary/aromatic N) is 1. The van der Waals surface area contributed by atoms with E-state index in [-0.39, 0.29) is 29.4 Å². The number of benzene rings is 2. The topological polar surface area (TPSA) is 154 Å². The highest BCUT2D eigenvalue weighted by atomic mass is 32.1. The Morgan fingerprint density at radius 2 is 1.69 bits per heavy atom. The largest absolute Gasteiger partial charge is 0.493 e. The van der Waals surface area contributed by atoms with E-state index in [1.54, 1.807) is 33.5 Å². The van der Waals surface area contributed by atoms with Gasteiger partial charge in [-0.1, -0.05) is 54.2 Å². The zero-order chi connectivity index (χ0) is 36.5. The van der Waals surface area contributed by atoms with Crippen molar-refractivity contribution < 1.29 is 33.3 Å². The van der Waals surface area contributed by atoms with Crippen LogP contribution in [0.15, 0.2) is 59.4 Å². The number of rotatable bonds is 14. The van der Waals surface area contributed by atoms with E-state index in [0.29, 0.717) is 64.3 Å². The normalized spacial score (nSPS) is 13.2. The highest BCUT2D eigenvalue weighted by molar-refractivity contribution is 7.19. The zero-order valence-electron chi connectivity index (χ0n) is 29.3. The third-order valence-corrected chi connectivity index (χ3v) is 9.62. The fraction of sp³-hybridized carbons (Fsp3) is 0.342. The number of carbonyl (C=O) groups is 3. The van der Waals surface area contributed by atoms with Gasteiger partial charge in [-0.2, -0.15) is 0 Å². The molecular formula is C38H42N4O8S. The molecule has 0 bridgehead atoms. The van der Waals surface area contributed by atoms with Gasteiger partial charge in [0.05, 0.1) is 45.0 Å². The van der Waals surface area contributed by atoms with E-state index in [1.807, 2.05) is 42.5 Å². The van der Waals surface area contributed by atoms with Gasteiger partial charge >= 0.3 is 5.97 Å². The van der Waals surface area contributed by atoms with Gasteiger partial charge in [0.25, 0.3) is 0 Å². The second-order valence-corrected chi connectivity index (χ2v) is 12.9. The third kappa shape index (κ3) is 8.48. The number of methoxy groups -OCH3 is 4. The molecule has 268 valence electrons. The smallest absolute Gasteiger partial charge is 0.358 e. The number of carbonyl (C=O) groups excluding carboxylic acids is 3. The standard InChI is InChI=1S/C38H42N4O8S/c1-22(43)40-27-17-15-24-20-30(47-2)34(48-3)35(49-4)32(24)25-16-18-28(29(44)21-26(25)27)39-19-11-7-10-14-31(45)41-38-42-33(37(46)50-5)36(51-38)23-12-8-6-9-13-23/h6,8-9,12-13,16,18,20-21,27H,7,10-11,14-15,17,19H2,1-5H3,(H,39,44)(H,40,43)(H,41,42,45)/t27-/m1/s1. The van der Waals surface area contributed by atoms with Gasteiger partial charge in [0.1, 0.15) is 0 Å². The van der Waals surface area contributed by atoms with Gasteiger partial charge in [0, 0.05) is 25.5 Å². The minimum Gasteiger partial charge on any atom is -0.493 e. The average Bonchev–Trinajstić information content (AvgIpc) is 3.41. The van der Waals surface area contributed by atoms with Crippen molar-refractivity contribution in [2.24, 2.45) is 0 Å². The molecule has 3 N–H and O–H groups in total. The Bertz CT molecular complexity index is 1960. The summed E-state index contributed by atoms with van der Waals surface area (Å²) in [7, 11) is 5.97. The molecule has 12 nitrogen and oxygen atoms in total. The molecule has 0 radical (unpaired) electrons. The number of unbranched alkanes of at least 4 members (excludes halogenated alkanes) is 2. The first-order valence-corrected chi connectivity index (χ1v) is 17.5. The molecule has 0 saturated heterocycles. The van der Waals surface area contributed by atoms with Crippen LogP contribution < -0.4 is 35.6 Å². The Hall–Kier alpha value is -5.43. The first-order chi connectivity index (χ1) is 24.7. The highest BCUT2D eigenvalue weighted by Crippen LogP contribution is 2.50. The van der Waals surface area contributed by atoms with E-state index in [9.17, 15) is 19.2 Å². The minimum absolute atomic E-state index is 0.160. The van der Waals surface area contributed by atoms with Crippen molar-refractivity contribution in [2.75, 3.05) is 45.6 Å². The van der Waals surface area contributed by atoms with Crippen molar-refractivity contribution >= 4 is 39.9 Å². The van der Waals surface area contributed by atoms with E-state index in [4.69, 9.17) is 18.9 Å². The lowest BCUT2D eigenvalue weighted by atomic mass is 9.95. The first-order valence-electron chi connectivity index (χ1n) is 16.6. The van der Waals surface area contributed by atoms with Gasteiger partial charge in [0.2, 0.25) is 23.0 Å². The number of thiazole rings is 1. The molecule has 0 unspecified atom stereocenters. The lowest BCUT2D eigenvalue weighted by Gasteiger charge is -2.19. The summed E-state index contributed by atoms with van der Waals surface area (Å²) in [5.74, 6) is 0.497. The molecule has 0 fully saturated rings. The molecule has 1 aliphatic carbocycles. The minimum atomic E-state index is -0.569. The van der Waals surface area contributed by atoms with Crippen molar-refractivity contribution in [3.8, 4) is 38.8 Å². The molecule has 5 rings (SSSR count). The molecule has 1 aliphatic rings. The Morgan fingerprint density at radius 3 is 2.37 bits per heavy atom. The number of fused-ring (bicyclic) bond motifs is 3. The van der Waals surface area contributed by atoms with Crippen molar-refractivity contribution in [1.29, 1.82) is 0 Å². The summed E-state index contributed by atoms with van der Waals surface area (Å²) < 4.78 is 22.0. The average molecular weight is 715 g/mol. The van der Waals surface area contributed by atoms with Crippen LogP contribution in [0.1, 0.15) is 66.7 Å². The Labute approximate surface area is 300 Å². The van der Waals surface area contributed by atoms with Gasteiger partial charge in [-0.25, -0.2) is 9.78 Å². The predicted molar refractivity (Wildman–Crippen MR) is 197 cm³/mol. The fourth-order valence-corrected chi connectivity index (χ4v) is 7.21. The summed E-state index contributed by atoms with van der Waals surface area (Å²) in [4.78, 5) is 55.8. The van der Waals surface area contributed by atoms with Crippen LogP contribution in [0.2, 0.25) is 0 Å². The van der Waals surface area contributed by atoms with Crippen molar-refractivity contribution in [3.05, 3.63) is 81.6 Å². The Kier molecular flexibility index (Phi) is 12.3. The molecule has 0 spiro atoms. The summed E-state index contributed by atoms with van der Waals surface area (Å²) in [6.45, 7) is 1.98. The number of hydrogen-bond donors (Lipinski definition) is 3. The third-order valence-electron chi connectivity index (χ3n) is 8.60. The van der Waals surface area contributed by atoms with Crippen molar-refractivity contribution in [3.63, 3.8) is 0 Å². The van der Waals surface area contributed by atoms with Gasteiger partial charge in [-0.15, -0.1) is 0 Å². The number of esters is 1. The maximum absolute atomic E-state index is 13.5. The lowest BCUT2D eigenvalue weighted by Crippen LogP contribution is -2.26. The van der Waals surface area contributed by atoms with E-state index in [0.717, 1.165) is 35.1 Å². The fourth-order valence-electron chi connectivity index (χ4n) is 6.24. The van der Waals surface area contributed by atoms with Gasteiger partial charge in [-0.05, 0) is 66.1 Å². The van der Waals surface area contributed by atoms with E-state index >= 15 is 0 Å². The highest BCUT2D eigenvalue weighted by Gasteiger charge is 2.29. The molecule has 1 heterocycles. The van der Waals surface area contributed by atoms with Crippen LogP contribution >= 0.6 is 11.3 Å². The second-order valence-electron chi connectivity index (χ2n) is 11.9.